The first-order chi connectivity index (χ1) is 23.0. The van der Waals surface area contributed by atoms with Crippen LogP contribution in [0, 0.1) is 0 Å². The summed E-state index contributed by atoms with van der Waals surface area (Å²) in [4.78, 5) is 25.7. The van der Waals surface area contributed by atoms with Crippen LogP contribution in [0.3, 0.4) is 0 Å². The van der Waals surface area contributed by atoms with Crippen LogP contribution in [0.25, 0.3) is 0 Å². The summed E-state index contributed by atoms with van der Waals surface area (Å²) in [5.41, 5.74) is 5.95. The number of esters is 2. The lowest BCUT2D eigenvalue weighted by atomic mass is 9.86. The highest BCUT2D eigenvalue weighted by atomic mass is 16.6. The molecule has 2 aromatic carbocycles. The molecule has 0 aliphatic carbocycles. The molecule has 0 spiro atoms. The first-order valence-electron chi connectivity index (χ1n) is 19.0. The predicted octanol–water partition coefficient (Wildman–Crippen LogP) is 11.0. The van der Waals surface area contributed by atoms with Gasteiger partial charge in [-0.05, 0) is 103 Å². The smallest absolute Gasteiger partial charge is 0.306 e. The van der Waals surface area contributed by atoms with E-state index < -0.39 is 6.10 Å². The molecule has 6 heteroatoms. The summed E-state index contributed by atoms with van der Waals surface area (Å²) in [5.74, 6) is 0.907. The SMILES string of the molecule is CCCCCc1cc(CCC(=O)OC(CC)COC(=O)CCc2cc(C(C)CCC)c(O)c(C(C)CCC)c2)cc(C(C)CCC)c1O. The first kappa shape index (κ1) is 41.2. The zero-order valence-corrected chi connectivity index (χ0v) is 31.5. The summed E-state index contributed by atoms with van der Waals surface area (Å²) < 4.78 is 11.3. The van der Waals surface area contributed by atoms with E-state index in [4.69, 9.17) is 9.47 Å². The molecule has 0 aliphatic rings. The normalized spacial score (nSPS) is 13.9. The topological polar surface area (TPSA) is 93.1 Å². The Morgan fingerprint density at radius 1 is 0.625 bits per heavy atom. The number of phenols is 2. The van der Waals surface area contributed by atoms with E-state index in [1.807, 2.05) is 6.92 Å². The van der Waals surface area contributed by atoms with Crippen LogP contribution in [-0.4, -0.2) is 34.9 Å². The minimum absolute atomic E-state index is 0.0354. The minimum atomic E-state index is -0.498. The molecule has 0 heterocycles. The first-order valence-corrected chi connectivity index (χ1v) is 19.0. The van der Waals surface area contributed by atoms with Gasteiger partial charge in [0, 0.05) is 12.8 Å². The third-order valence-corrected chi connectivity index (χ3v) is 9.73. The summed E-state index contributed by atoms with van der Waals surface area (Å²) in [7, 11) is 0. The van der Waals surface area contributed by atoms with E-state index in [0.717, 1.165) is 97.6 Å². The molecule has 0 bridgehead atoms. The van der Waals surface area contributed by atoms with Gasteiger partial charge in [-0.1, -0.05) is 112 Å². The van der Waals surface area contributed by atoms with Crippen molar-refractivity contribution in [2.75, 3.05) is 6.61 Å². The molecule has 48 heavy (non-hydrogen) atoms. The molecular weight excluding hydrogens is 600 g/mol. The molecule has 0 radical (unpaired) electrons. The second kappa shape index (κ2) is 21.8. The number of aryl methyl sites for hydroxylation is 3. The Bertz CT molecular complexity index is 1230. The van der Waals surface area contributed by atoms with Crippen molar-refractivity contribution >= 4 is 11.9 Å². The zero-order chi connectivity index (χ0) is 35.6. The van der Waals surface area contributed by atoms with Gasteiger partial charge in [0.15, 0.2) is 0 Å². The molecule has 0 aliphatic heterocycles. The van der Waals surface area contributed by atoms with Crippen molar-refractivity contribution in [3.8, 4) is 11.5 Å². The molecule has 0 fully saturated rings. The van der Waals surface area contributed by atoms with E-state index >= 15 is 0 Å². The van der Waals surface area contributed by atoms with Crippen molar-refractivity contribution < 1.29 is 29.3 Å². The van der Waals surface area contributed by atoms with Gasteiger partial charge in [0.2, 0.25) is 0 Å². The van der Waals surface area contributed by atoms with Gasteiger partial charge in [-0.2, -0.15) is 0 Å². The lowest BCUT2D eigenvalue weighted by Crippen LogP contribution is -2.25. The molecule has 0 aromatic heterocycles. The number of rotatable bonds is 23. The van der Waals surface area contributed by atoms with E-state index in [-0.39, 0.29) is 49.1 Å². The van der Waals surface area contributed by atoms with Gasteiger partial charge >= 0.3 is 11.9 Å². The predicted molar refractivity (Wildman–Crippen MR) is 197 cm³/mol. The second-order valence-electron chi connectivity index (χ2n) is 14.0. The van der Waals surface area contributed by atoms with Crippen LogP contribution in [0.1, 0.15) is 184 Å². The summed E-state index contributed by atoms with van der Waals surface area (Å²) in [5, 5.41) is 22.1. The molecule has 0 amide bonds. The molecule has 4 atom stereocenters. The third-order valence-electron chi connectivity index (χ3n) is 9.73. The monoisotopic (exact) mass is 666 g/mol. The molecule has 0 saturated heterocycles. The molecule has 2 rings (SSSR count). The van der Waals surface area contributed by atoms with Gasteiger partial charge in [-0.3, -0.25) is 9.59 Å². The second-order valence-corrected chi connectivity index (χ2v) is 14.0. The Morgan fingerprint density at radius 3 is 1.58 bits per heavy atom. The molecule has 6 nitrogen and oxygen atoms in total. The van der Waals surface area contributed by atoms with Gasteiger partial charge < -0.3 is 19.7 Å². The van der Waals surface area contributed by atoms with E-state index in [9.17, 15) is 19.8 Å². The highest BCUT2D eigenvalue weighted by Crippen LogP contribution is 2.38. The number of hydrogen-bond donors (Lipinski definition) is 2. The molecule has 0 saturated carbocycles. The van der Waals surface area contributed by atoms with Crippen molar-refractivity contribution in [1.82, 2.24) is 0 Å². The van der Waals surface area contributed by atoms with Crippen molar-refractivity contribution in [2.45, 2.75) is 176 Å². The van der Waals surface area contributed by atoms with Gasteiger partial charge in [-0.15, -0.1) is 0 Å². The number of hydrogen-bond acceptors (Lipinski definition) is 6. The Labute approximate surface area is 292 Å². The highest BCUT2D eigenvalue weighted by molar-refractivity contribution is 5.71. The fraction of sp³-hybridized carbons (Fsp3) is 0.667. The Hall–Kier alpha value is -3.02. The van der Waals surface area contributed by atoms with Crippen molar-refractivity contribution in [1.29, 1.82) is 0 Å². The lowest BCUT2D eigenvalue weighted by Gasteiger charge is -2.21. The van der Waals surface area contributed by atoms with Gasteiger partial charge in [-0.25, -0.2) is 0 Å². The van der Waals surface area contributed by atoms with Crippen LogP contribution in [0.4, 0.5) is 0 Å². The minimum Gasteiger partial charge on any atom is -0.507 e. The zero-order valence-electron chi connectivity index (χ0n) is 31.5. The van der Waals surface area contributed by atoms with Crippen LogP contribution < -0.4 is 0 Å². The molecular formula is C42H66O6. The van der Waals surface area contributed by atoms with Crippen molar-refractivity contribution in [2.24, 2.45) is 0 Å². The molecule has 2 N–H and O–H groups in total. The Balaban J connectivity index is 1.99. The number of carbonyl (C=O) groups is 2. The number of carbonyl (C=O) groups excluding carboxylic acids is 2. The largest absolute Gasteiger partial charge is 0.507 e. The fourth-order valence-electron chi connectivity index (χ4n) is 6.70. The number of aromatic hydroxyl groups is 2. The Kier molecular flexibility index (Phi) is 18.7. The third kappa shape index (κ3) is 13.1. The summed E-state index contributed by atoms with van der Waals surface area (Å²) in [6, 6.07) is 8.21. The Morgan fingerprint density at radius 2 is 1.10 bits per heavy atom. The highest BCUT2D eigenvalue weighted by Gasteiger charge is 2.21. The molecule has 270 valence electrons. The van der Waals surface area contributed by atoms with Crippen molar-refractivity contribution in [3.05, 3.63) is 57.6 Å². The lowest BCUT2D eigenvalue weighted by molar-refractivity contribution is -0.159. The standard InChI is InChI=1S/C42H66O6/c1-9-14-15-19-34-24-32(25-36(41(34)45)29(6)16-10-2)21-23-40(44)48-35(13-5)28-47-39(43)22-20-33-26-37(30(7)17-11-3)42(46)38(27-33)31(8)18-12-4/h24-27,29-31,35,45-46H,9-23,28H2,1-8H3. The number of ether oxygens (including phenoxy) is 2. The van der Waals surface area contributed by atoms with Crippen LogP contribution in [0.5, 0.6) is 11.5 Å². The number of benzene rings is 2. The van der Waals surface area contributed by atoms with Gasteiger partial charge in [0.25, 0.3) is 0 Å². The quantitative estimate of drug-likeness (QED) is 0.0905. The van der Waals surface area contributed by atoms with Gasteiger partial charge in [0.1, 0.15) is 24.2 Å². The van der Waals surface area contributed by atoms with Gasteiger partial charge in [0.05, 0.1) is 0 Å². The molecule has 4 unspecified atom stereocenters. The maximum atomic E-state index is 12.9. The fourth-order valence-corrected chi connectivity index (χ4v) is 6.70. The number of unbranched alkanes of at least 4 members (excludes halogenated alkanes) is 2. The van der Waals surface area contributed by atoms with E-state index in [1.54, 1.807) is 0 Å². The van der Waals surface area contributed by atoms with Crippen LogP contribution in [0.2, 0.25) is 0 Å². The van der Waals surface area contributed by atoms with Crippen LogP contribution in [0.15, 0.2) is 24.3 Å². The maximum absolute atomic E-state index is 12.9. The van der Waals surface area contributed by atoms with Crippen LogP contribution in [-0.2, 0) is 38.3 Å². The van der Waals surface area contributed by atoms with Crippen molar-refractivity contribution in [3.63, 3.8) is 0 Å². The number of phenolic OH excluding ortho intramolecular Hbond substituents is 2. The average molecular weight is 667 g/mol. The maximum Gasteiger partial charge on any atom is 0.306 e. The summed E-state index contributed by atoms with van der Waals surface area (Å²) >= 11 is 0. The van der Waals surface area contributed by atoms with E-state index in [2.05, 4.69) is 72.7 Å². The van der Waals surface area contributed by atoms with Crippen LogP contribution >= 0.6 is 0 Å². The van der Waals surface area contributed by atoms with E-state index in [0.29, 0.717) is 30.8 Å². The molecule has 2 aromatic rings. The summed E-state index contributed by atoms with van der Waals surface area (Å²) in [6.45, 7) is 17.0. The average Bonchev–Trinajstić information content (AvgIpc) is 3.06. The summed E-state index contributed by atoms with van der Waals surface area (Å²) in [6.07, 6.45) is 11.8. The van der Waals surface area contributed by atoms with E-state index in [1.165, 1.54) is 0 Å².